The van der Waals surface area contributed by atoms with Crippen molar-refractivity contribution in [1.82, 2.24) is 9.55 Å². The third kappa shape index (κ3) is 0.918. The van der Waals surface area contributed by atoms with E-state index in [2.05, 4.69) is 9.83 Å². The molecular weight excluding hydrogens is 114 g/mol. The molecule has 0 saturated carbocycles. The fraction of sp³-hybridized carbons (Fsp3) is 0.333. The number of nitrogens with zero attached hydrogens (tertiary/aromatic N) is 3. The summed E-state index contributed by atoms with van der Waals surface area (Å²) in [7, 11) is 0. The van der Waals surface area contributed by atoms with E-state index in [1.165, 1.54) is 0 Å². The van der Waals surface area contributed by atoms with E-state index < -0.39 is 0 Å². The first-order chi connectivity index (χ1) is 4.38. The van der Waals surface area contributed by atoms with Gasteiger partial charge in [0, 0.05) is 0 Å². The molecule has 0 spiro atoms. The van der Waals surface area contributed by atoms with Crippen LogP contribution in [0.3, 0.4) is 0 Å². The first kappa shape index (κ1) is 5.83. The smallest absolute Gasteiger partial charge is 0.249 e. The highest BCUT2D eigenvalue weighted by Crippen LogP contribution is 2.08. The summed E-state index contributed by atoms with van der Waals surface area (Å²) in [6, 6.07) is 0. The molecule has 1 aromatic heterocycles. The number of hydrogen-bond donors (Lipinski definition) is 0. The molecule has 3 nitrogen and oxygen atoms in total. The van der Waals surface area contributed by atoms with Crippen LogP contribution in [0.15, 0.2) is 12.5 Å². The number of rotatable bonds is 1. The lowest BCUT2D eigenvalue weighted by molar-refractivity contribution is 0.774. The van der Waals surface area contributed by atoms with Crippen molar-refractivity contribution in [3.63, 3.8) is 0 Å². The maximum absolute atomic E-state index is 6.67. The molecule has 0 radical (unpaired) electrons. The first-order valence-electron chi connectivity index (χ1n) is 2.76. The van der Waals surface area contributed by atoms with Crippen LogP contribution in [0.4, 0.5) is 5.82 Å². The van der Waals surface area contributed by atoms with Gasteiger partial charge in [-0.3, -0.25) is 4.57 Å². The minimum absolute atomic E-state index is 0.609. The summed E-state index contributed by atoms with van der Waals surface area (Å²) in [5.74, 6) is 0.609. The van der Waals surface area contributed by atoms with E-state index in [0.29, 0.717) is 5.82 Å². The zero-order valence-corrected chi connectivity index (χ0v) is 5.20. The summed E-state index contributed by atoms with van der Waals surface area (Å²) in [6.07, 6.45) is 3.23. The van der Waals surface area contributed by atoms with Crippen molar-refractivity contribution in [3.8, 4) is 0 Å². The Morgan fingerprint density at radius 2 is 2.67 bits per heavy atom. The molecule has 0 aliphatic rings. The van der Waals surface area contributed by atoms with Crippen LogP contribution in [0.25, 0.3) is 4.85 Å². The molecule has 3 heteroatoms. The molecule has 1 heterocycles. The Morgan fingerprint density at radius 3 is 3.11 bits per heavy atom. The third-order valence-electron chi connectivity index (χ3n) is 1.15. The van der Waals surface area contributed by atoms with E-state index in [-0.39, 0.29) is 0 Å². The fourth-order valence-corrected chi connectivity index (χ4v) is 0.651. The number of imidazole rings is 1. The molecule has 0 aliphatic carbocycles. The molecule has 1 rings (SSSR count). The Bertz CT molecular complexity index is 231. The molecule has 0 N–H and O–H groups in total. The van der Waals surface area contributed by atoms with Gasteiger partial charge in [0.2, 0.25) is 5.82 Å². The number of aromatic nitrogens is 2. The zero-order chi connectivity index (χ0) is 6.69. The van der Waals surface area contributed by atoms with Crippen LogP contribution in [0.1, 0.15) is 6.92 Å². The average Bonchev–Trinajstić information content (AvgIpc) is 2.33. The Morgan fingerprint density at radius 1 is 1.89 bits per heavy atom. The van der Waals surface area contributed by atoms with Gasteiger partial charge in [-0.05, 0) is 6.92 Å². The van der Waals surface area contributed by atoms with Gasteiger partial charge in [0.15, 0.2) is 6.33 Å². The molecule has 0 amide bonds. The van der Waals surface area contributed by atoms with Gasteiger partial charge in [-0.25, -0.2) is 4.98 Å². The lowest BCUT2D eigenvalue weighted by Crippen LogP contribution is -1.87. The molecule has 0 unspecified atom stereocenters. The maximum atomic E-state index is 6.67. The van der Waals surface area contributed by atoms with Crippen molar-refractivity contribution in [2.75, 3.05) is 0 Å². The van der Waals surface area contributed by atoms with Crippen molar-refractivity contribution >= 4 is 5.82 Å². The fourth-order valence-electron chi connectivity index (χ4n) is 0.651. The Balaban J connectivity index is 3.02. The number of hydrogen-bond acceptors (Lipinski definition) is 1. The second kappa shape index (κ2) is 2.31. The Hall–Kier alpha value is -1.30. The van der Waals surface area contributed by atoms with Gasteiger partial charge in [-0.2, -0.15) is 0 Å². The molecular formula is C6H7N3. The minimum Gasteiger partial charge on any atom is -0.363 e. The van der Waals surface area contributed by atoms with Crippen molar-refractivity contribution in [2.45, 2.75) is 13.5 Å². The SMILES string of the molecule is [C-]#[N+]c1cncn1CC. The van der Waals surface area contributed by atoms with Gasteiger partial charge < -0.3 is 4.85 Å². The normalized spacial score (nSPS) is 8.89. The van der Waals surface area contributed by atoms with Crippen molar-refractivity contribution in [3.05, 3.63) is 23.9 Å². The van der Waals surface area contributed by atoms with Crippen LogP contribution in [0, 0.1) is 6.57 Å². The molecule has 0 fully saturated rings. The highest BCUT2D eigenvalue weighted by Gasteiger charge is 1.95. The first-order valence-corrected chi connectivity index (χ1v) is 2.76. The molecule has 0 aromatic carbocycles. The van der Waals surface area contributed by atoms with Crippen LogP contribution in [0.5, 0.6) is 0 Å². The second-order valence-corrected chi connectivity index (χ2v) is 1.65. The third-order valence-corrected chi connectivity index (χ3v) is 1.15. The van der Waals surface area contributed by atoms with Crippen LogP contribution in [-0.2, 0) is 6.54 Å². The predicted octanol–water partition coefficient (Wildman–Crippen LogP) is 1.45. The largest absolute Gasteiger partial charge is 0.363 e. The quantitative estimate of drug-likeness (QED) is 0.515. The van der Waals surface area contributed by atoms with Crippen molar-refractivity contribution < 1.29 is 0 Å². The van der Waals surface area contributed by atoms with E-state index >= 15 is 0 Å². The lowest BCUT2D eigenvalue weighted by Gasteiger charge is -1.91. The Kier molecular flexibility index (Phi) is 1.50. The van der Waals surface area contributed by atoms with E-state index in [9.17, 15) is 0 Å². The second-order valence-electron chi connectivity index (χ2n) is 1.65. The van der Waals surface area contributed by atoms with E-state index in [1.54, 1.807) is 17.1 Å². The molecule has 0 aliphatic heterocycles. The number of aryl methyl sites for hydroxylation is 1. The summed E-state index contributed by atoms with van der Waals surface area (Å²) >= 11 is 0. The van der Waals surface area contributed by atoms with Crippen LogP contribution < -0.4 is 0 Å². The van der Waals surface area contributed by atoms with Gasteiger partial charge >= 0.3 is 0 Å². The molecule has 1 aromatic rings. The topological polar surface area (TPSA) is 22.2 Å². The maximum Gasteiger partial charge on any atom is 0.249 e. The molecule has 9 heavy (non-hydrogen) atoms. The van der Waals surface area contributed by atoms with Crippen molar-refractivity contribution in [2.24, 2.45) is 0 Å². The summed E-state index contributed by atoms with van der Waals surface area (Å²) in [5, 5.41) is 0. The lowest BCUT2D eigenvalue weighted by atomic mass is 10.7. The summed E-state index contributed by atoms with van der Waals surface area (Å²) in [5.41, 5.74) is 0. The molecule has 0 bridgehead atoms. The minimum atomic E-state index is 0.609. The van der Waals surface area contributed by atoms with E-state index in [1.807, 2.05) is 6.92 Å². The zero-order valence-electron chi connectivity index (χ0n) is 5.20. The Labute approximate surface area is 53.8 Å². The average molecular weight is 121 g/mol. The van der Waals surface area contributed by atoms with Gasteiger partial charge in [0.1, 0.15) is 0 Å². The highest BCUT2D eigenvalue weighted by molar-refractivity contribution is 5.33. The highest BCUT2D eigenvalue weighted by atomic mass is 15.1. The summed E-state index contributed by atoms with van der Waals surface area (Å²) in [4.78, 5) is 7.06. The van der Waals surface area contributed by atoms with E-state index in [0.717, 1.165) is 6.54 Å². The summed E-state index contributed by atoms with van der Waals surface area (Å²) in [6.45, 7) is 9.47. The van der Waals surface area contributed by atoms with Crippen LogP contribution in [0.2, 0.25) is 0 Å². The molecule has 0 saturated heterocycles. The van der Waals surface area contributed by atoms with Gasteiger partial charge in [-0.15, -0.1) is 0 Å². The van der Waals surface area contributed by atoms with Crippen LogP contribution in [-0.4, -0.2) is 9.55 Å². The van der Waals surface area contributed by atoms with Gasteiger partial charge in [-0.1, -0.05) is 6.57 Å². The predicted molar refractivity (Wildman–Crippen MR) is 34.2 cm³/mol. The monoisotopic (exact) mass is 121 g/mol. The van der Waals surface area contributed by atoms with Crippen molar-refractivity contribution in [1.29, 1.82) is 0 Å². The van der Waals surface area contributed by atoms with Crippen LogP contribution >= 0.6 is 0 Å². The van der Waals surface area contributed by atoms with Gasteiger partial charge in [0.05, 0.1) is 12.7 Å². The summed E-state index contributed by atoms with van der Waals surface area (Å²) < 4.78 is 1.80. The standard InChI is InChI=1S/C6H7N3/c1-3-9-5-8-4-6(9)7-2/h4-5H,3H2,1H3. The van der Waals surface area contributed by atoms with Gasteiger partial charge in [0.25, 0.3) is 0 Å². The molecule has 0 atom stereocenters. The van der Waals surface area contributed by atoms with E-state index in [4.69, 9.17) is 6.57 Å². The molecule has 46 valence electrons.